The molecule has 0 unspecified atom stereocenters. The van der Waals surface area contributed by atoms with Crippen LogP contribution in [0, 0.1) is 13.8 Å². The van der Waals surface area contributed by atoms with E-state index in [0.29, 0.717) is 27.8 Å². The van der Waals surface area contributed by atoms with Crippen molar-refractivity contribution in [2.24, 2.45) is 0 Å². The van der Waals surface area contributed by atoms with Crippen LogP contribution in [-0.4, -0.2) is 34.8 Å². The molecule has 1 amide bonds. The highest BCUT2D eigenvalue weighted by atomic mass is 35.5. The summed E-state index contributed by atoms with van der Waals surface area (Å²) in [4.78, 5) is 13.4. The van der Waals surface area contributed by atoms with Crippen molar-refractivity contribution in [2.45, 2.75) is 20.4 Å². The third-order valence-electron chi connectivity index (χ3n) is 5.42. The summed E-state index contributed by atoms with van der Waals surface area (Å²) in [6, 6.07) is 15.3. The van der Waals surface area contributed by atoms with Gasteiger partial charge in [0.25, 0.3) is 5.91 Å². The standard InChI is InChI=1S/C25H27ClN2O5S/c1-16-6-11-20(12-17(16)2)27-25(29)21-13-23(32-3)24(33-4)14-22(21)28(34(5,30)31)15-18-7-9-19(26)10-8-18/h6-14H,15H2,1-5H3,(H,27,29). The topological polar surface area (TPSA) is 84.9 Å². The van der Waals surface area contributed by atoms with E-state index >= 15 is 0 Å². The summed E-state index contributed by atoms with van der Waals surface area (Å²) in [6.45, 7) is 3.92. The summed E-state index contributed by atoms with van der Waals surface area (Å²) in [7, 11) is -0.894. The van der Waals surface area contributed by atoms with Gasteiger partial charge in [0.2, 0.25) is 10.0 Å². The van der Waals surface area contributed by atoms with Crippen LogP contribution in [0.5, 0.6) is 11.5 Å². The second-order valence-electron chi connectivity index (χ2n) is 7.87. The molecule has 3 aromatic carbocycles. The number of benzene rings is 3. The predicted octanol–water partition coefficient (Wildman–Crippen LogP) is 5.19. The number of sulfonamides is 1. The molecular weight excluding hydrogens is 476 g/mol. The SMILES string of the molecule is COc1cc(C(=O)Nc2ccc(C)c(C)c2)c(N(Cc2ccc(Cl)cc2)S(C)(=O)=O)cc1OC. The Balaban J connectivity index is 2.13. The number of ether oxygens (including phenoxy) is 2. The monoisotopic (exact) mass is 502 g/mol. The van der Waals surface area contributed by atoms with Gasteiger partial charge < -0.3 is 14.8 Å². The molecule has 180 valence electrons. The fourth-order valence-corrected chi connectivity index (χ4v) is 4.43. The molecule has 0 radical (unpaired) electrons. The minimum absolute atomic E-state index is 0.00456. The van der Waals surface area contributed by atoms with Gasteiger partial charge in [-0.1, -0.05) is 29.8 Å². The molecule has 9 heteroatoms. The van der Waals surface area contributed by atoms with E-state index in [9.17, 15) is 13.2 Å². The highest BCUT2D eigenvalue weighted by Crippen LogP contribution is 2.37. The maximum atomic E-state index is 13.4. The summed E-state index contributed by atoms with van der Waals surface area (Å²) >= 11 is 5.98. The van der Waals surface area contributed by atoms with E-state index in [4.69, 9.17) is 21.1 Å². The molecule has 0 fully saturated rings. The molecule has 0 spiro atoms. The molecule has 0 bridgehead atoms. The van der Waals surface area contributed by atoms with Crippen LogP contribution in [0.4, 0.5) is 11.4 Å². The molecule has 34 heavy (non-hydrogen) atoms. The predicted molar refractivity (Wildman–Crippen MR) is 136 cm³/mol. The number of rotatable bonds is 8. The van der Waals surface area contributed by atoms with Crippen LogP contribution in [-0.2, 0) is 16.6 Å². The van der Waals surface area contributed by atoms with Crippen LogP contribution in [0.3, 0.4) is 0 Å². The number of aryl methyl sites for hydroxylation is 2. The van der Waals surface area contributed by atoms with E-state index in [2.05, 4.69) is 5.32 Å². The normalized spacial score (nSPS) is 11.1. The fraction of sp³-hybridized carbons (Fsp3) is 0.240. The molecule has 0 atom stereocenters. The Morgan fingerprint density at radius 2 is 1.56 bits per heavy atom. The smallest absolute Gasteiger partial charge is 0.257 e. The molecule has 0 aliphatic rings. The zero-order valence-corrected chi connectivity index (χ0v) is 21.3. The minimum atomic E-state index is -3.79. The van der Waals surface area contributed by atoms with E-state index in [1.165, 1.54) is 26.4 Å². The molecule has 1 N–H and O–H groups in total. The Morgan fingerprint density at radius 3 is 2.12 bits per heavy atom. The maximum absolute atomic E-state index is 13.4. The van der Waals surface area contributed by atoms with E-state index in [1.54, 1.807) is 30.3 Å². The Labute approximate surface area is 205 Å². The third kappa shape index (κ3) is 5.81. The molecule has 7 nitrogen and oxygen atoms in total. The van der Waals surface area contributed by atoms with Crippen molar-refractivity contribution in [1.29, 1.82) is 0 Å². The Bertz CT molecular complexity index is 1310. The Kier molecular flexibility index (Phi) is 7.74. The van der Waals surface area contributed by atoms with Crippen LogP contribution in [0.25, 0.3) is 0 Å². The molecule has 0 aliphatic heterocycles. The second-order valence-corrected chi connectivity index (χ2v) is 10.2. The van der Waals surface area contributed by atoms with Gasteiger partial charge in [0.1, 0.15) is 0 Å². The van der Waals surface area contributed by atoms with Crippen molar-refractivity contribution in [3.8, 4) is 11.5 Å². The van der Waals surface area contributed by atoms with Crippen LogP contribution >= 0.6 is 11.6 Å². The lowest BCUT2D eigenvalue weighted by Gasteiger charge is -2.26. The lowest BCUT2D eigenvalue weighted by molar-refractivity contribution is 0.102. The number of hydrogen-bond acceptors (Lipinski definition) is 5. The summed E-state index contributed by atoms with van der Waals surface area (Å²) in [6.07, 6.45) is 1.09. The summed E-state index contributed by atoms with van der Waals surface area (Å²) < 4.78 is 37.7. The van der Waals surface area contributed by atoms with Crippen LogP contribution in [0.15, 0.2) is 54.6 Å². The lowest BCUT2D eigenvalue weighted by atomic mass is 10.1. The highest BCUT2D eigenvalue weighted by molar-refractivity contribution is 7.92. The molecular formula is C25H27ClN2O5S. The van der Waals surface area contributed by atoms with Crippen molar-refractivity contribution in [3.63, 3.8) is 0 Å². The zero-order valence-electron chi connectivity index (χ0n) is 19.7. The van der Waals surface area contributed by atoms with E-state index in [-0.39, 0.29) is 17.8 Å². The summed E-state index contributed by atoms with van der Waals surface area (Å²) in [5.74, 6) is 0.116. The first-order valence-corrected chi connectivity index (χ1v) is 12.6. The Hall–Kier alpha value is -3.23. The average molecular weight is 503 g/mol. The molecule has 3 aromatic rings. The van der Waals surface area contributed by atoms with Crippen LogP contribution < -0.4 is 19.1 Å². The molecule has 0 saturated carbocycles. The number of halogens is 1. The first kappa shape index (κ1) is 25.4. The first-order chi connectivity index (χ1) is 16.0. The number of nitrogens with one attached hydrogen (secondary N) is 1. The number of methoxy groups -OCH3 is 2. The van der Waals surface area contributed by atoms with Gasteiger partial charge >= 0.3 is 0 Å². The van der Waals surface area contributed by atoms with Gasteiger partial charge in [0.05, 0.1) is 38.3 Å². The molecule has 0 aromatic heterocycles. The number of carbonyl (C=O) groups is 1. The van der Waals surface area contributed by atoms with Gasteiger partial charge in [-0.15, -0.1) is 0 Å². The van der Waals surface area contributed by atoms with Crippen molar-refractivity contribution in [2.75, 3.05) is 30.1 Å². The number of amides is 1. The van der Waals surface area contributed by atoms with Gasteiger partial charge in [0.15, 0.2) is 11.5 Å². The largest absolute Gasteiger partial charge is 0.493 e. The number of carbonyl (C=O) groups excluding carboxylic acids is 1. The number of hydrogen-bond donors (Lipinski definition) is 1. The van der Waals surface area contributed by atoms with Crippen molar-refractivity contribution in [3.05, 3.63) is 81.9 Å². The van der Waals surface area contributed by atoms with Gasteiger partial charge in [-0.25, -0.2) is 8.42 Å². The van der Waals surface area contributed by atoms with Crippen LogP contribution in [0.1, 0.15) is 27.0 Å². The molecule has 3 rings (SSSR count). The second kappa shape index (κ2) is 10.4. The van der Waals surface area contributed by atoms with Crippen molar-refractivity contribution >= 4 is 38.9 Å². The van der Waals surface area contributed by atoms with Gasteiger partial charge in [0, 0.05) is 16.8 Å². The molecule has 0 aliphatic carbocycles. The number of anilines is 2. The third-order valence-corrected chi connectivity index (χ3v) is 6.80. The van der Waals surface area contributed by atoms with Crippen LogP contribution in [0.2, 0.25) is 5.02 Å². The van der Waals surface area contributed by atoms with Crippen molar-refractivity contribution in [1.82, 2.24) is 0 Å². The quantitative estimate of drug-likeness (QED) is 0.458. The van der Waals surface area contributed by atoms with E-state index in [0.717, 1.165) is 21.7 Å². The number of nitrogens with zero attached hydrogens (tertiary/aromatic N) is 1. The zero-order chi connectivity index (χ0) is 25.0. The van der Waals surface area contributed by atoms with E-state index < -0.39 is 15.9 Å². The summed E-state index contributed by atoms with van der Waals surface area (Å²) in [5.41, 5.74) is 3.69. The van der Waals surface area contributed by atoms with E-state index in [1.807, 2.05) is 26.0 Å². The average Bonchev–Trinajstić information content (AvgIpc) is 2.79. The molecule has 0 heterocycles. The summed E-state index contributed by atoms with van der Waals surface area (Å²) in [5, 5.41) is 3.40. The lowest BCUT2D eigenvalue weighted by Crippen LogP contribution is -2.31. The van der Waals surface area contributed by atoms with Gasteiger partial charge in [-0.05, 0) is 60.9 Å². The van der Waals surface area contributed by atoms with Gasteiger partial charge in [-0.3, -0.25) is 9.10 Å². The highest BCUT2D eigenvalue weighted by Gasteiger charge is 2.26. The van der Waals surface area contributed by atoms with Crippen molar-refractivity contribution < 1.29 is 22.7 Å². The van der Waals surface area contributed by atoms with Gasteiger partial charge in [-0.2, -0.15) is 0 Å². The minimum Gasteiger partial charge on any atom is -0.493 e. The molecule has 0 saturated heterocycles. The maximum Gasteiger partial charge on any atom is 0.257 e. The fourth-order valence-electron chi connectivity index (χ4n) is 3.41. The Morgan fingerprint density at radius 1 is 0.941 bits per heavy atom. The first-order valence-electron chi connectivity index (χ1n) is 10.4.